The minimum Gasteiger partial charge on any atom is -0.197 e. The third-order valence-electron chi connectivity index (χ3n) is 11.6. The van der Waals surface area contributed by atoms with E-state index in [1.165, 1.54) is 132 Å². The predicted molar refractivity (Wildman–Crippen MR) is 221 cm³/mol. The minimum atomic E-state index is 0. The Balaban J connectivity index is 0.000000192. The quantitative estimate of drug-likeness (QED) is 0.155. The zero-order valence-electron chi connectivity index (χ0n) is 26.8. The molecule has 0 amide bonds. The average molecular weight is 642 g/mol. The van der Waals surface area contributed by atoms with E-state index in [4.69, 9.17) is 0 Å². The van der Waals surface area contributed by atoms with Gasteiger partial charge in [-0.2, -0.15) is 13.5 Å². The van der Waals surface area contributed by atoms with E-state index < -0.39 is 0 Å². The Morgan fingerprint density at radius 1 is 0.245 bits per heavy atom. The molecule has 0 saturated heterocycles. The summed E-state index contributed by atoms with van der Waals surface area (Å²) in [6, 6.07) is 54.2. The van der Waals surface area contributed by atoms with Gasteiger partial charge in [0.15, 0.2) is 0 Å². The van der Waals surface area contributed by atoms with Crippen LogP contribution in [0.4, 0.5) is 0 Å². The normalized spacial score (nSPS) is 13.0. The maximum Gasteiger partial charge on any atom is 0 e. The molecule has 0 atom stereocenters. The van der Waals surface area contributed by atoms with E-state index in [-0.39, 0.29) is 14.9 Å². The number of fused-ring (bicyclic) bond motifs is 12. The summed E-state index contributed by atoms with van der Waals surface area (Å²) in [6.45, 7) is 0. The Morgan fingerprint density at radius 2 is 0.469 bits per heavy atom. The van der Waals surface area contributed by atoms with Crippen molar-refractivity contribution in [2.75, 3.05) is 0 Å². The minimum absolute atomic E-state index is 0. The summed E-state index contributed by atoms with van der Waals surface area (Å²) in [6.07, 6.45) is 2.47. The molecule has 1 aliphatic carbocycles. The van der Waals surface area contributed by atoms with Gasteiger partial charge in [-0.05, 0) is 132 Å². The van der Waals surface area contributed by atoms with Gasteiger partial charge in [-0.1, -0.05) is 146 Å². The van der Waals surface area contributed by atoms with Gasteiger partial charge < -0.3 is 0 Å². The van der Waals surface area contributed by atoms with Crippen molar-refractivity contribution >= 4 is 121 Å². The first-order valence-electron chi connectivity index (χ1n) is 17.2. The van der Waals surface area contributed by atoms with Gasteiger partial charge >= 0.3 is 0 Å². The van der Waals surface area contributed by atoms with E-state index in [1.54, 1.807) is 0 Å². The average Bonchev–Trinajstić information content (AvgIpc) is 3.89. The van der Waals surface area contributed by atoms with Crippen molar-refractivity contribution in [2.45, 2.75) is 12.8 Å². The highest BCUT2D eigenvalue weighted by atomic mass is 32.1. The second kappa shape index (κ2) is 9.72. The molecular weight excluding hydrogens is 609 g/mol. The van der Waals surface area contributed by atoms with Crippen molar-refractivity contribution in [3.63, 3.8) is 0 Å². The molecule has 0 spiro atoms. The maximum absolute atomic E-state index is 2.34. The van der Waals surface area contributed by atoms with Crippen LogP contribution in [0.15, 0.2) is 146 Å². The molecule has 12 aromatic carbocycles. The van der Waals surface area contributed by atoms with Crippen molar-refractivity contribution in [3.8, 4) is 0 Å². The van der Waals surface area contributed by atoms with Crippen LogP contribution < -0.4 is 0 Å². The van der Waals surface area contributed by atoms with E-state index in [2.05, 4.69) is 146 Å². The smallest absolute Gasteiger partial charge is 0 e. The van der Waals surface area contributed by atoms with Crippen LogP contribution in [-0.4, -0.2) is 0 Å². The number of benzene rings is 9. The maximum atomic E-state index is 2.34. The van der Waals surface area contributed by atoms with E-state index >= 15 is 0 Å². The molecule has 0 radical (unpaired) electrons. The summed E-state index contributed by atoms with van der Waals surface area (Å²) >= 11 is 0. The Hall–Kier alpha value is -5.63. The van der Waals surface area contributed by atoms with E-state index in [9.17, 15) is 0 Å². The molecule has 0 N–H and O–H groups in total. The van der Waals surface area contributed by atoms with Gasteiger partial charge in [0.2, 0.25) is 0 Å². The van der Waals surface area contributed by atoms with Gasteiger partial charge in [0.1, 0.15) is 0 Å². The summed E-state index contributed by atoms with van der Waals surface area (Å²) in [4.78, 5) is 0. The second-order valence-electron chi connectivity index (χ2n) is 13.8. The van der Waals surface area contributed by atoms with Crippen LogP contribution in [0.5, 0.6) is 0 Å². The van der Waals surface area contributed by atoms with Gasteiger partial charge in [-0.3, -0.25) is 0 Å². The third-order valence-corrected chi connectivity index (χ3v) is 11.6. The van der Waals surface area contributed by atoms with E-state index in [0.29, 0.717) is 0 Å². The third kappa shape index (κ3) is 3.36. The fourth-order valence-electron chi connectivity index (χ4n) is 9.83. The van der Waals surface area contributed by atoms with Gasteiger partial charge in [0.05, 0.1) is 0 Å². The van der Waals surface area contributed by atoms with Gasteiger partial charge in [0, 0.05) is 1.43 Å². The first kappa shape index (κ1) is 27.3. The zero-order chi connectivity index (χ0) is 31.1. The van der Waals surface area contributed by atoms with Crippen LogP contribution >= 0.6 is 13.5 Å². The Labute approximate surface area is 291 Å². The first-order valence-corrected chi connectivity index (χ1v) is 17.2. The lowest BCUT2D eigenvalue weighted by molar-refractivity contribution is 1.02. The number of hydrogen-bond acceptors (Lipinski definition) is 0. The molecule has 230 valence electrons. The molecule has 13 rings (SSSR count). The van der Waals surface area contributed by atoms with E-state index in [0.717, 1.165) is 0 Å². The Morgan fingerprint density at radius 3 is 0.735 bits per heavy atom. The molecule has 0 aliphatic heterocycles. The fraction of sp³-hybridized carbons (Fsp3) is 0.0417. The summed E-state index contributed by atoms with van der Waals surface area (Å²) in [5.74, 6) is 0. The van der Waals surface area contributed by atoms with Crippen LogP contribution in [0.3, 0.4) is 0 Å². The highest BCUT2D eigenvalue weighted by molar-refractivity contribution is 7.59. The Kier molecular flexibility index (Phi) is 5.42. The highest BCUT2D eigenvalue weighted by Gasteiger charge is 2.26. The van der Waals surface area contributed by atoms with Crippen molar-refractivity contribution in [1.29, 1.82) is 0 Å². The SMILES string of the molecule is S.[2HH].c1cc2c3c(cccc3c1)CC2.c1cc2cccc3c2c(c1)c1c2c4cccc5cccc(c54)c2c2c4cccc5cccc(c54)c2c31. The van der Waals surface area contributed by atoms with Crippen LogP contribution in [0.25, 0.3) is 108 Å². The molecule has 0 saturated carbocycles. The first-order chi connectivity index (χ1) is 23.8. The van der Waals surface area contributed by atoms with Crippen molar-refractivity contribution in [2.24, 2.45) is 0 Å². The monoisotopic (exact) mass is 641 g/mol. The number of hydrogen-bond donors (Lipinski definition) is 0. The van der Waals surface area contributed by atoms with Crippen molar-refractivity contribution in [3.05, 3.63) is 157 Å². The molecule has 1 aliphatic rings. The summed E-state index contributed by atoms with van der Waals surface area (Å²) in [7, 11) is 0. The van der Waals surface area contributed by atoms with Gasteiger partial charge in [0.25, 0.3) is 0 Å². The Bertz CT molecular complexity index is 2770. The van der Waals surface area contributed by atoms with Gasteiger partial charge in [-0.25, -0.2) is 0 Å². The molecule has 0 fully saturated rings. The summed E-state index contributed by atoms with van der Waals surface area (Å²) in [5, 5.41) is 27.9. The predicted octanol–water partition coefficient (Wildman–Crippen LogP) is 13.7. The summed E-state index contributed by atoms with van der Waals surface area (Å²) in [5.41, 5.74) is 3.06. The standard InChI is InChI=1S/C36H18.C12H10.H2S.H2/c1-7-19-8-2-14-23-28(19)22(13-1)31-32(23)34-26-17-5-11-21-12-6-18-27(30(21)26)36(34)35-25-16-4-10-20-9-3-15-24(29(20)25)33(31)35;1-3-9-4-2-6-11-8-7-10(5-1)12(9)11;;/h1-18H;1-6H,7-8H2;1H2;1H/i;;;1+1. The lowest BCUT2D eigenvalue weighted by atomic mass is 9.97. The number of aryl methyl sites for hydroxylation is 2. The zero-order valence-corrected chi connectivity index (χ0v) is 27.8. The van der Waals surface area contributed by atoms with Crippen molar-refractivity contribution < 1.29 is 1.43 Å². The van der Waals surface area contributed by atoms with Crippen LogP contribution in [0.2, 0.25) is 0 Å². The molecule has 49 heavy (non-hydrogen) atoms. The van der Waals surface area contributed by atoms with Crippen LogP contribution in [0, 0.1) is 0 Å². The molecule has 1 heteroatoms. The number of rotatable bonds is 0. The fourth-order valence-corrected chi connectivity index (χ4v) is 9.83. The molecule has 0 heterocycles. The highest BCUT2D eigenvalue weighted by Crippen LogP contribution is 2.55. The van der Waals surface area contributed by atoms with E-state index in [1.807, 2.05) is 0 Å². The molecule has 0 unspecified atom stereocenters. The molecule has 0 nitrogen and oxygen atoms in total. The molecule has 12 aromatic rings. The summed E-state index contributed by atoms with van der Waals surface area (Å²) < 4.78 is 0. The molecule has 0 bridgehead atoms. The van der Waals surface area contributed by atoms with Crippen LogP contribution in [0.1, 0.15) is 12.6 Å². The van der Waals surface area contributed by atoms with Gasteiger partial charge in [-0.15, -0.1) is 0 Å². The molecule has 0 aromatic heterocycles. The molecular formula is C48H32S. The lowest BCUT2D eigenvalue weighted by Crippen LogP contribution is -1.76. The van der Waals surface area contributed by atoms with Crippen LogP contribution in [-0.2, 0) is 12.8 Å². The topological polar surface area (TPSA) is 0 Å². The van der Waals surface area contributed by atoms with Crippen molar-refractivity contribution in [1.82, 2.24) is 0 Å². The largest absolute Gasteiger partial charge is 0.197 e. The lowest BCUT2D eigenvalue weighted by Gasteiger charge is -2.04. The second-order valence-corrected chi connectivity index (χ2v) is 13.8.